The predicted octanol–water partition coefficient (Wildman–Crippen LogP) is 2.69. The molecule has 0 saturated carbocycles. The third-order valence-corrected chi connectivity index (χ3v) is 3.02. The summed E-state index contributed by atoms with van der Waals surface area (Å²) >= 11 is 0. The molecule has 1 unspecified atom stereocenters. The van der Waals surface area contributed by atoms with Crippen molar-refractivity contribution in [3.05, 3.63) is 29.6 Å². The molecule has 3 heteroatoms. The fourth-order valence-electron chi connectivity index (χ4n) is 2.21. The van der Waals surface area contributed by atoms with Gasteiger partial charge in [-0.3, -0.25) is 0 Å². The highest BCUT2D eigenvalue weighted by Gasteiger charge is 2.18. The lowest BCUT2D eigenvalue weighted by atomic mass is 9.91. The zero-order valence-corrected chi connectivity index (χ0v) is 9.63. The molecular formula is C13H18FNO. The summed E-state index contributed by atoms with van der Waals surface area (Å²) in [4.78, 5) is 0. The van der Waals surface area contributed by atoms with Gasteiger partial charge in [0.1, 0.15) is 11.6 Å². The Hall–Kier alpha value is -1.09. The van der Waals surface area contributed by atoms with Crippen LogP contribution in [0.15, 0.2) is 18.2 Å². The van der Waals surface area contributed by atoms with Gasteiger partial charge in [-0.25, -0.2) is 4.39 Å². The Labute approximate surface area is 95.8 Å². The monoisotopic (exact) mass is 223 g/mol. The quantitative estimate of drug-likeness (QED) is 0.850. The van der Waals surface area contributed by atoms with Crippen LogP contribution in [0.3, 0.4) is 0 Å². The lowest BCUT2D eigenvalue weighted by molar-refractivity contribution is 0.337. The number of hydrogen-bond acceptors (Lipinski definition) is 2. The van der Waals surface area contributed by atoms with Crippen LogP contribution in [0.25, 0.3) is 0 Å². The normalized spacial score (nSPS) is 20.8. The van der Waals surface area contributed by atoms with Gasteiger partial charge < -0.3 is 10.1 Å². The lowest BCUT2D eigenvalue weighted by Crippen LogP contribution is -2.28. The first kappa shape index (κ1) is 11.4. The first-order chi connectivity index (χ1) is 7.81. The molecular weight excluding hydrogens is 205 g/mol. The molecule has 16 heavy (non-hydrogen) atoms. The summed E-state index contributed by atoms with van der Waals surface area (Å²) < 4.78 is 19.1. The predicted molar refractivity (Wildman–Crippen MR) is 62.4 cm³/mol. The van der Waals surface area contributed by atoms with Gasteiger partial charge in [-0.05, 0) is 43.9 Å². The van der Waals surface area contributed by atoms with E-state index < -0.39 is 0 Å². The van der Waals surface area contributed by atoms with E-state index in [9.17, 15) is 4.39 Å². The van der Waals surface area contributed by atoms with E-state index in [4.69, 9.17) is 4.74 Å². The van der Waals surface area contributed by atoms with Crippen LogP contribution in [0.1, 0.15) is 31.2 Å². The average molecular weight is 223 g/mol. The Bertz CT molecular complexity index is 348. The van der Waals surface area contributed by atoms with Gasteiger partial charge in [0, 0.05) is 12.6 Å². The standard InChI is InChI=1S/C13H18FNO/c1-2-16-11-5-6-12(13(14)8-11)10-4-3-7-15-9-10/h5-6,8,10,15H,2-4,7,9H2,1H3. The minimum atomic E-state index is -0.139. The molecule has 0 aromatic heterocycles. The van der Waals surface area contributed by atoms with Crippen molar-refractivity contribution in [1.82, 2.24) is 5.32 Å². The Balaban J connectivity index is 2.14. The Morgan fingerprint density at radius 2 is 2.38 bits per heavy atom. The molecule has 1 fully saturated rings. The van der Waals surface area contributed by atoms with Gasteiger partial charge in [-0.2, -0.15) is 0 Å². The first-order valence-electron chi connectivity index (χ1n) is 5.94. The van der Waals surface area contributed by atoms with Crippen LogP contribution in [0.2, 0.25) is 0 Å². The van der Waals surface area contributed by atoms with Crippen molar-refractivity contribution in [2.24, 2.45) is 0 Å². The maximum absolute atomic E-state index is 13.9. The SMILES string of the molecule is CCOc1ccc(C2CCCNC2)c(F)c1. The second-order valence-electron chi connectivity index (χ2n) is 4.16. The van der Waals surface area contributed by atoms with E-state index in [2.05, 4.69) is 5.32 Å². The Kier molecular flexibility index (Phi) is 3.78. The van der Waals surface area contributed by atoms with E-state index in [1.54, 1.807) is 0 Å². The van der Waals surface area contributed by atoms with Gasteiger partial charge >= 0.3 is 0 Å². The van der Waals surface area contributed by atoms with E-state index in [1.807, 2.05) is 19.1 Å². The summed E-state index contributed by atoms with van der Waals surface area (Å²) in [7, 11) is 0. The van der Waals surface area contributed by atoms with Gasteiger partial charge in [-0.15, -0.1) is 0 Å². The van der Waals surface area contributed by atoms with Gasteiger partial charge in [-0.1, -0.05) is 6.07 Å². The zero-order chi connectivity index (χ0) is 11.4. The van der Waals surface area contributed by atoms with Crippen molar-refractivity contribution in [2.45, 2.75) is 25.7 Å². The molecule has 88 valence electrons. The topological polar surface area (TPSA) is 21.3 Å². The summed E-state index contributed by atoms with van der Waals surface area (Å²) in [5.74, 6) is 0.789. The van der Waals surface area contributed by atoms with Crippen LogP contribution in [0.5, 0.6) is 5.75 Å². The number of halogens is 1. The van der Waals surface area contributed by atoms with Gasteiger partial charge in [0.25, 0.3) is 0 Å². The lowest BCUT2D eigenvalue weighted by Gasteiger charge is -2.23. The molecule has 1 atom stereocenters. The van der Waals surface area contributed by atoms with Crippen LogP contribution in [-0.2, 0) is 0 Å². The smallest absolute Gasteiger partial charge is 0.130 e. The molecule has 1 N–H and O–H groups in total. The van der Waals surface area contributed by atoms with E-state index in [0.29, 0.717) is 18.3 Å². The second-order valence-corrected chi connectivity index (χ2v) is 4.16. The van der Waals surface area contributed by atoms with Crippen LogP contribution in [-0.4, -0.2) is 19.7 Å². The van der Waals surface area contributed by atoms with Gasteiger partial charge in [0.05, 0.1) is 6.61 Å². The number of rotatable bonds is 3. The third-order valence-electron chi connectivity index (χ3n) is 3.02. The summed E-state index contributed by atoms with van der Waals surface area (Å²) in [6, 6.07) is 5.21. The molecule has 0 radical (unpaired) electrons. The van der Waals surface area contributed by atoms with Crippen molar-refractivity contribution < 1.29 is 9.13 Å². The molecule has 0 aliphatic carbocycles. The van der Waals surface area contributed by atoms with Crippen molar-refractivity contribution in [3.63, 3.8) is 0 Å². The van der Waals surface area contributed by atoms with Crippen molar-refractivity contribution in [1.29, 1.82) is 0 Å². The highest BCUT2D eigenvalue weighted by molar-refractivity contribution is 5.31. The molecule has 1 heterocycles. The van der Waals surface area contributed by atoms with Crippen LogP contribution in [0.4, 0.5) is 4.39 Å². The van der Waals surface area contributed by atoms with Crippen LogP contribution < -0.4 is 10.1 Å². The molecule has 2 nitrogen and oxygen atoms in total. The number of ether oxygens (including phenoxy) is 1. The maximum Gasteiger partial charge on any atom is 0.130 e. The van der Waals surface area contributed by atoms with E-state index in [-0.39, 0.29) is 5.82 Å². The third kappa shape index (κ3) is 2.53. The molecule has 0 bridgehead atoms. The summed E-state index contributed by atoms with van der Waals surface area (Å²) in [5.41, 5.74) is 0.815. The van der Waals surface area contributed by atoms with Crippen LogP contribution in [0, 0.1) is 5.82 Å². The number of hydrogen-bond donors (Lipinski definition) is 1. The van der Waals surface area contributed by atoms with E-state index in [0.717, 1.165) is 31.5 Å². The minimum Gasteiger partial charge on any atom is -0.494 e. The number of benzene rings is 1. The number of piperidine rings is 1. The summed E-state index contributed by atoms with van der Waals surface area (Å²) in [6.45, 7) is 4.40. The molecule has 1 aromatic carbocycles. The summed E-state index contributed by atoms with van der Waals surface area (Å²) in [6.07, 6.45) is 2.19. The molecule has 1 saturated heterocycles. The highest BCUT2D eigenvalue weighted by atomic mass is 19.1. The molecule has 0 spiro atoms. The average Bonchev–Trinajstić information content (AvgIpc) is 2.31. The fourth-order valence-corrected chi connectivity index (χ4v) is 2.21. The zero-order valence-electron chi connectivity index (χ0n) is 9.63. The molecule has 1 aliphatic rings. The summed E-state index contributed by atoms with van der Waals surface area (Å²) in [5, 5.41) is 3.30. The first-order valence-corrected chi connectivity index (χ1v) is 5.94. The molecule has 0 amide bonds. The van der Waals surface area contributed by atoms with E-state index >= 15 is 0 Å². The van der Waals surface area contributed by atoms with Crippen molar-refractivity contribution in [3.8, 4) is 5.75 Å². The maximum atomic E-state index is 13.9. The fraction of sp³-hybridized carbons (Fsp3) is 0.538. The highest BCUT2D eigenvalue weighted by Crippen LogP contribution is 2.27. The van der Waals surface area contributed by atoms with E-state index in [1.165, 1.54) is 6.07 Å². The Morgan fingerprint density at radius 1 is 1.50 bits per heavy atom. The minimum absolute atomic E-state index is 0.139. The largest absolute Gasteiger partial charge is 0.494 e. The number of nitrogens with one attached hydrogen (secondary N) is 1. The van der Waals surface area contributed by atoms with Crippen molar-refractivity contribution in [2.75, 3.05) is 19.7 Å². The molecule has 1 aromatic rings. The van der Waals surface area contributed by atoms with Crippen LogP contribution >= 0.6 is 0 Å². The second kappa shape index (κ2) is 5.30. The van der Waals surface area contributed by atoms with Crippen molar-refractivity contribution >= 4 is 0 Å². The van der Waals surface area contributed by atoms with Gasteiger partial charge in [0.15, 0.2) is 0 Å². The Morgan fingerprint density at radius 3 is 3.00 bits per heavy atom. The molecule has 2 rings (SSSR count). The molecule has 1 aliphatic heterocycles. The van der Waals surface area contributed by atoms with Gasteiger partial charge in [0.2, 0.25) is 0 Å².